The summed E-state index contributed by atoms with van der Waals surface area (Å²) in [6.07, 6.45) is 2.01. The number of para-hydroxylation sites is 1. The molecule has 1 aliphatic rings. The summed E-state index contributed by atoms with van der Waals surface area (Å²) in [7, 11) is 3.36. The summed E-state index contributed by atoms with van der Waals surface area (Å²) < 4.78 is 5.44. The average molecular weight is 508 g/mol. The quantitative estimate of drug-likeness (QED) is 0.370. The van der Waals surface area contributed by atoms with E-state index >= 15 is 0 Å². The Morgan fingerprint density at radius 3 is 2.76 bits per heavy atom. The van der Waals surface area contributed by atoms with E-state index in [9.17, 15) is 4.79 Å². The number of amides is 1. The molecule has 156 valence electrons. The molecule has 2 aromatic rings. The highest BCUT2D eigenvalue weighted by molar-refractivity contribution is 14.0. The summed E-state index contributed by atoms with van der Waals surface area (Å²) in [5.41, 5.74) is 4.44. The second kappa shape index (κ2) is 11.0. The van der Waals surface area contributed by atoms with Gasteiger partial charge in [0.2, 0.25) is 5.91 Å². The molecule has 2 N–H and O–H groups in total. The molecule has 0 aromatic heterocycles. The van der Waals surface area contributed by atoms with E-state index < -0.39 is 0 Å². The fourth-order valence-corrected chi connectivity index (χ4v) is 3.44. The minimum atomic E-state index is 0. The lowest BCUT2D eigenvalue weighted by Gasteiger charge is -2.29. The number of aliphatic imine (C=N–C) groups is 1. The Morgan fingerprint density at radius 1 is 1.21 bits per heavy atom. The van der Waals surface area contributed by atoms with Gasteiger partial charge in [-0.1, -0.05) is 30.3 Å². The molecule has 0 aliphatic carbocycles. The third-order valence-electron chi connectivity index (χ3n) is 4.93. The molecular formula is C22H29IN4O2. The standard InChI is InChI=1S/C22H28N4O2.HI/c1-16-10-11-18(20(13-16)28-3)14-24-22(23-2)25-15-21(27)26-12-6-8-17-7-4-5-9-19(17)26;/h4-5,7,9-11,13H,6,8,12,14-15H2,1-3H3,(H2,23,24,25);1H. The van der Waals surface area contributed by atoms with Crippen LogP contribution >= 0.6 is 24.0 Å². The number of nitrogens with one attached hydrogen (secondary N) is 2. The van der Waals surface area contributed by atoms with Crippen LogP contribution in [-0.2, 0) is 17.8 Å². The predicted octanol–water partition coefficient (Wildman–Crippen LogP) is 3.27. The number of rotatable bonds is 5. The van der Waals surface area contributed by atoms with Crippen molar-refractivity contribution >= 4 is 41.5 Å². The van der Waals surface area contributed by atoms with Crippen molar-refractivity contribution in [1.82, 2.24) is 10.6 Å². The van der Waals surface area contributed by atoms with Crippen molar-refractivity contribution in [2.24, 2.45) is 4.99 Å². The van der Waals surface area contributed by atoms with E-state index in [0.717, 1.165) is 42.0 Å². The number of ether oxygens (including phenoxy) is 1. The van der Waals surface area contributed by atoms with Crippen molar-refractivity contribution in [3.8, 4) is 5.75 Å². The molecule has 6 nitrogen and oxygen atoms in total. The van der Waals surface area contributed by atoms with Gasteiger partial charge in [0.15, 0.2) is 5.96 Å². The van der Waals surface area contributed by atoms with E-state index in [2.05, 4.69) is 21.7 Å². The summed E-state index contributed by atoms with van der Waals surface area (Å²) >= 11 is 0. The molecule has 2 aromatic carbocycles. The highest BCUT2D eigenvalue weighted by atomic mass is 127. The number of guanidine groups is 1. The number of hydrogen-bond acceptors (Lipinski definition) is 3. The van der Waals surface area contributed by atoms with E-state index in [-0.39, 0.29) is 36.4 Å². The molecule has 7 heteroatoms. The maximum atomic E-state index is 12.8. The van der Waals surface area contributed by atoms with Gasteiger partial charge in [0, 0.05) is 31.4 Å². The Labute approximate surface area is 189 Å². The second-order valence-corrected chi connectivity index (χ2v) is 6.87. The molecule has 0 spiro atoms. The van der Waals surface area contributed by atoms with E-state index in [0.29, 0.717) is 12.5 Å². The number of anilines is 1. The van der Waals surface area contributed by atoms with Crippen LogP contribution < -0.4 is 20.3 Å². The van der Waals surface area contributed by atoms with Gasteiger partial charge in [-0.3, -0.25) is 9.79 Å². The van der Waals surface area contributed by atoms with Crippen LogP contribution in [0.25, 0.3) is 0 Å². The SMILES string of the molecule is CN=C(NCC(=O)N1CCCc2ccccc21)NCc1ccc(C)cc1OC.I. The van der Waals surface area contributed by atoms with Gasteiger partial charge in [-0.25, -0.2) is 0 Å². The maximum absolute atomic E-state index is 12.8. The maximum Gasteiger partial charge on any atom is 0.246 e. The zero-order valence-electron chi connectivity index (χ0n) is 17.2. The molecule has 0 unspecified atom stereocenters. The van der Waals surface area contributed by atoms with E-state index in [1.165, 1.54) is 5.56 Å². The third-order valence-corrected chi connectivity index (χ3v) is 4.93. The van der Waals surface area contributed by atoms with Gasteiger partial charge in [0.1, 0.15) is 5.75 Å². The molecule has 0 fully saturated rings. The Kier molecular flexibility index (Phi) is 8.75. The normalized spacial score (nSPS) is 13.2. The van der Waals surface area contributed by atoms with Crippen molar-refractivity contribution in [1.29, 1.82) is 0 Å². The summed E-state index contributed by atoms with van der Waals surface area (Å²) in [4.78, 5) is 18.8. The molecule has 0 atom stereocenters. The second-order valence-electron chi connectivity index (χ2n) is 6.87. The zero-order chi connectivity index (χ0) is 19.9. The summed E-state index contributed by atoms with van der Waals surface area (Å²) in [5.74, 6) is 1.47. The van der Waals surface area contributed by atoms with Gasteiger partial charge in [0.05, 0.1) is 13.7 Å². The molecule has 1 heterocycles. The molecule has 0 bridgehead atoms. The summed E-state index contributed by atoms with van der Waals surface area (Å²) in [6.45, 7) is 3.54. The fourth-order valence-electron chi connectivity index (χ4n) is 3.44. The molecule has 0 saturated carbocycles. The summed E-state index contributed by atoms with van der Waals surface area (Å²) in [5, 5.41) is 6.37. The van der Waals surface area contributed by atoms with Crippen LogP contribution in [0.5, 0.6) is 5.75 Å². The van der Waals surface area contributed by atoms with Crippen molar-refractivity contribution in [2.75, 3.05) is 32.1 Å². The van der Waals surface area contributed by atoms with Crippen LogP contribution in [0.2, 0.25) is 0 Å². The van der Waals surface area contributed by atoms with Gasteiger partial charge in [-0.2, -0.15) is 0 Å². The Bertz CT molecular complexity index is 870. The number of halogens is 1. The first kappa shape index (κ1) is 23.0. The van der Waals surface area contributed by atoms with Gasteiger partial charge in [-0.15, -0.1) is 24.0 Å². The fraction of sp³-hybridized carbons (Fsp3) is 0.364. The lowest BCUT2D eigenvalue weighted by Crippen LogP contribution is -2.45. The van der Waals surface area contributed by atoms with Gasteiger partial charge in [-0.05, 0) is 43.0 Å². The largest absolute Gasteiger partial charge is 0.496 e. The van der Waals surface area contributed by atoms with Crippen LogP contribution in [0.4, 0.5) is 5.69 Å². The molecule has 1 aliphatic heterocycles. The topological polar surface area (TPSA) is 66.0 Å². The Morgan fingerprint density at radius 2 is 2.00 bits per heavy atom. The Hall–Kier alpha value is -2.29. The minimum absolute atomic E-state index is 0. The number of carbonyl (C=O) groups is 1. The van der Waals surface area contributed by atoms with Crippen LogP contribution in [-0.4, -0.2) is 39.1 Å². The number of fused-ring (bicyclic) bond motifs is 1. The van der Waals surface area contributed by atoms with Crippen LogP contribution in [0.1, 0.15) is 23.1 Å². The molecule has 29 heavy (non-hydrogen) atoms. The van der Waals surface area contributed by atoms with E-state index in [1.807, 2.05) is 48.2 Å². The zero-order valence-corrected chi connectivity index (χ0v) is 19.5. The van der Waals surface area contributed by atoms with Crippen molar-refractivity contribution in [3.05, 3.63) is 59.2 Å². The smallest absolute Gasteiger partial charge is 0.246 e. The lowest BCUT2D eigenvalue weighted by atomic mass is 10.0. The van der Waals surface area contributed by atoms with Crippen molar-refractivity contribution in [3.63, 3.8) is 0 Å². The minimum Gasteiger partial charge on any atom is -0.496 e. The van der Waals surface area contributed by atoms with Crippen molar-refractivity contribution < 1.29 is 9.53 Å². The Balaban J connectivity index is 0.00000300. The van der Waals surface area contributed by atoms with Crippen LogP contribution in [0, 0.1) is 6.92 Å². The first-order chi connectivity index (χ1) is 13.6. The lowest BCUT2D eigenvalue weighted by molar-refractivity contribution is -0.117. The first-order valence-electron chi connectivity index (χ1n) is 9.58. The van der Waals surface area contributed by atoms with Gasteiger partial charge >= 0.3 is 0 Å². The van der Waals surface area contributed by atoms with Crippen molar-refractivity contribution in [2.45, 2.75) is 26.3 Å². The first-order valence-corrected chi connectivity index (χ1v) is 9.58. The summed E-state index contributed by atoms with van der Waals surface area (Å²) in [6, 6.07) is 14.2. The number of aryl methyl sites for hydroxylation is 2. The number of methoxy groups -OCH3 is 1. The van der Waals surface area contributed by atoms with Crippen LogP contribution in [0.15, 0.2) is 47.5 Å². The number of nitrogens with zero attached hydrogens (tertiary/aromatic N) is 2. The molecular weight excluding hydrogens is 479 g/mol. The van der Waals surface area contributed by atoms with E-state index in [4.69, 9.17) is 4.74 Å². The number of carbonyl (C=O) groups excluding carboxylic acids is 1. The molecule has 3 rings (SSSR count). The highest BCUT2D eigenvalue weighted by Gasteiger charge is 2.22. The predicted molar refractivity (Wildman–Crippen MR) is 128 cm³/mol. The third kappa shape index (κ3) is 5.85. The number of hydrogen-bond donors (Lipinski definition) is 2. The number of benzene rings is 2. The van der Waals surface area contributed by atoms with E-state index in [1.54, 1.807) is 14.2 Å². The molecule has 1 amide bonds. The molecule has 0 radical (unpaired) electrons. The molecule has 0 saturated heterocycles. The highest BCUT2D eigenvalue weighted by Crippen LogP contribution is 2.26. The average Bonchev–Trinajstić information content (AvgIpc) is 2.73. The van der Waals surface area contributed by atoms with Gasteiger partial charge < -0.3 is 20.3 Å². The monoisotopic (exact) mass is 508 g/mol. The van der Waals surface area contributed by atoms with Crippen LogP contribution in [0.3, 0.4) is 0 Å². The van der Waals surface area contributed by atoms with Gasteiger partial charge in [0.25, 0.3) is 0 Å².